The fourth-order valence-electron chi connectivity index (χ4n) is 2.26. The molecule has 0 aliphatic heterocycles. The Bertz CT molecular complexity index is 498. The molecule has 1 rings (SSSR count). The van der Waals surface area contributed by atoms with Crippen molar-refractivity contribution in [3.05, 3.63) is 41.4 Å². The summed E-state index contributed by atoms with van der Waals surface area (Å²) in [6.07, 6.45) is 3.74. The van der Waals surface area contributed by atoms with Crippen molar-refractivity contribution in [2.24, 2.45) is 11.7 Å². The molecule has 8 heteroatoms. The van der Waals surface area contributed by atoms with Crippen LogP contribution in [0.15, 0.2) is 30.7 Å². The minimum Gasteiger partial charge on any atom is -0.349 e. The minimum absolute atomic E-state index is 0. The number of carbonyl (C=O) groups excluding carboxylic acids is 1. The molecule has 0 bridgehead atoms. The Kier molecular flexibility index (Phi) is 14.1. The van der Waals surface area contributed by atoms with Crippen LogP contribution in [0.2, 0.25) is 0 Å². The summed E-state index contributed by atoms with van der Waals surface area (Å²) in [7, 11) is 0. The SMILES string of the molecule is C=CCN(CC=C)C(CNC(=O)c1csc(CN)n1)C(C)C.Cl.Cl. The van der Waals surface area contributed by atoms with Crippen LogP contribution in [0, 0.1) is 5.92 Å². The highest BCUT2D eigenvalue weighted by Gasteiger charge is 2.21. The molecule has 0 radical (unpaired) electrons. The lowest BCUT2D eigenvalue weighted by atomic mass is 10.0. The summed E-state index contributed by atoms with van der Waals surface area (Å²) >= 11 is 1.41. The maximum atomic E-state index is 12.2. The van der Waals surface area contributed by atoms with E-state index in [0.717, 1.165) is 18.1 Å². The topological polar surface area (TPSA) is 71.2 Å². The van der Waals surface area contributed by atoms with E-state index in [0.29, 0.717) is 24.7 Å². The third-order valence-electron chi connectivity index (χ3n) is 3.40. The van der Waals surface area contributed by atoms with Crippen molar-refractivity contribution in [2.75, 3.05) is 19.6 Å². The van der Waals surface area contributed by atoms with E-state index in [4.69, 9.17) is 5.73 Å². The second-order valence-corrected chi connectivity index (χ2v) is 6.33. The van der Waals surface area contributed by atoms with Gasteiger partial charge in [-0.25, -0.2) is 4.98 Å². The molecular weight excluding hydrogens is 367 g/mol. The highest BCUT2D eigenvalue weighted by Crippen LogP contribution is 2.12. The Balaban J connectivity index is 0. The average Bonchev–Trinajstić information content (AvgIpc) is 2.96. The van der Waals surface area contributed by atoms with Crippen molar-refractivity contribution in [3.8, 4) is 0 Å². The second-order valence-electron chi connectivity index (χ2n) is 5.38. The molecule has 0 aliphatic carbocycles. The van der Waals surface area contributed by atoms with Gasteiger partial charge >= 0.3 is 0 Å². The third-order valence-corrected chi connectivity index (χ3v) is 4.27. The lowest BCUT2D eigenvalue weighted by molar-refractivity contribution is 0.0922. The second kappa shape index (κ2) is 13.4. The number of halogens is 2. The first-order chi connectivity index (χ1) is 10.5. The van der Waals surface area contributed by atoms with Crippen molar-refractivity contribution in [1.82, 2.24) is 15.2 Å². The summed E-state index contributed by atoms with van der Waals surface area (Å²) in [5, 5.41) is 5.48. The fourth-order valence-corrected chi connectivity index (χ4v) is 2.91. The zero-order chi connectivity index (χ0) is 16.5. The lowest BCUT2D eigenvalue weighted by Crippen LogP contribution is -2.47. The van der Waals surface area contributed by atoms with Gasteiger partial charge in [0.05, 0.1) is 0 Å². The van der Waals surface area contributed by atoms with Crippen molar-refractivity contribution < 1.29 is 4.79 Å². The van der Waals surface area contributed by atoms with E-state index in [-0.39, 0.29) is 36.8 Å². The van der Waals surface area contributed by atoms with E-state index in [1.165, 1.54) is 11.3 Å². The van der Waals surface area contributed by atoms with Gasteiger partial charge in [0.15, 0.2) is 0 Å². The van der Waals surface area contributed by atoms with Crippen LogP contribution in [-0.2, 0) is 6.54 Å². The number of thiazole rings is 1. The minimum atomic E-state index is -0.154. The van der Waals surface area contributed by atoms with E-state index in [1.54, 1.807) is 5.38 Å². The first-order valence-electron chi connectivity index (χ1n) is 7.42. The molecule has 1 aromatic rings. The molecule has 3 N–H and O–H groups in total. The van der Waals surface area contributed by atoms with Crippen LogP contribution < -0.4 is 11.1 Å². The van der Waals surface area contributed by atoms with Gasteiger partial charge in [-0.15, -0.1) is 49.3 Å². The molecule has 138 valence electrons. The Morgan fingerprint density at radius 1 is 1.38 bits per heavy atom. The van der Waals surface area contributed by atoms with Crippen molar-refractivity contribution in [1.29, 1.82) is 0 Å². The summed E-state index contributed by atoms with van der Waals surface area (Å²) in [6.45, 7) is 14.3. The van der Waals surface area contributed by atoms with Crippen molar-refractivity contribution in [2.45, 2.75) is 26.4 Å². The van der Waals surface area contributed by atoms with Crippen LogP contribution in [0.5, 0.6) is 0 Å². The molecule has 1 unspecified atom stereocenters. The van der Waals surface area contributed by atoms with Crippen LogP contribution in [0.3, 0.4) is 0 Å². The molecular formula is C16H28Cl2N4OS. The van der Waals surface area contributed by atoms with Gasteiger partial charge in [0.1, 0.15) is 10.7 Å². The molecule has 24 heavy (non-hydrogen) atoms. The van der Waals surface area contributed by atoms with E-state index in [1.807, 2.05) is 12.2 Å². The van der Waals surface area contributed by atoms with Gasteiger partial charge in [-0.1, -0.05) is 26.0 Å². The molecule has 5 nitrogen and oxygen atoms in total. The quantitative estimate of drug-likeness (QED) is 0.598. The molecule has 1 aromatic heterocycles. The monoisotopic (exact) mass is 394 g/mol. The van der Waals surface area contributed by atoms with Crippen LogP contribution in [0.4, 0.5) is 0 Å². The number of hydrogen-bond acceptors (Lipinski definition) is 5. The number of aromatic nitrogens is 1. The molecule has 0 aromatic carbocycles. The Morgan fingerprint density at radius 3 is 2.38 bits per heavy atom. The Hall–Kier alpha value is -0.920. The van der Waals surface area contributed by atoms with Gasteiger partial charge in [-0.2, -0.15) is 0 Å². The number of carbonyl (C=O) groups is 1. The van der Waals surface area contributed by atoms with E-state index in [2.05, 4.69) is 42.2 Å². The molecule has 0 aliphatic rings. The predicted octanol–water partition coefficient (Wildman–Crippen LogP) is 2.87. The Labute approximate surface area is 161 Å². The first kappa shape index (κ1) is 25.3. The third kappa shape index (κ3) is 7.77. The summed E-state index contributed by atoms with van der Waals surface area (Å²) < 4.78 is 0. The van der Waals surface area contributed by atoms with Crippen LogP contribution in [-0.4, -0.2) is 41.5 Å². The average molecular weight is 395 g/mol. The fraction of sp³-hybridized carbons (Fsp3) is 0.500. The number of nitrogens with two attached hydrogens (primary N) is 1. The van der Waals surface area contributed by atoms with Gasteiger partial charge in [0.25, 0.3) is 5.91 Å². The molecule has 0 spiro atoms. The summed E-state index contributed by atoms with van der Waals surface area (Å²) in [4.78, 5) is 18.6. The van der Waals surface area contributed by atoms with Gasteiger partial charge < -0.3 is 11.1 Å². The molecule has 1 atom stereocenters. The van der Waals surface area contributed by atoms with Gasteiger partial charge in [0.2, 0.25) is 0 Å². The Morgan fingerprint density at radius 2 is 1.96 bits per heavy atom. The molecule has 0 saturated heterocycles. The number of amides is 1. The zero-order valence-corrected chi connectivity index (χ0v) is 16.7. The molecule has 1 heterocycles. The van der Waals surface area contributed by atoms with Crippen LogP contribution in [0.25, 0.3) is 0 Å². The molecule has 0 fully saturated rings. The van der Waals surface area contributed by atoms with E-state index >= 15 is 0 Å². The lowest BCUT2D eigenvalue weighted by Gasteiger charge is -2.33. The summed E-state index contributed by atoms with van der Waals surface area (Å²) in [5.74, 6) is 0.244. The van der Waals surface area contributed by atoms with Crippen molar-refractivity contribution >= 4 is 42.1 Å². The summed E-state index contributed by atoms with van der Waals surface area (Å²) in [5.41, 5.74) is 5.96. The number of rotatable bonds is 10. The predicted molar refractivity (Wildman–Crippen MR) is 107 cm³/mol. The highest BCUT2D eigenvalue weighted by molar-refractivity contribution is 7.09. The normalized spacial score (nSPS) is 11.4. The van der Waals surface area contributed by atoms with Crippen molar-refractivity contribution in [3.63, 3.8) is 0 Å². The maximum Gasteiger partial charge on any atom is 0.270 e. The maximum absolute atomic E-state index is 12.2. The number of nitrogens with zero attached hydrogens (tertiary/aromatic N) is 2. The smallest absolute Gasteiger partial charge is 0.270 e. The summed E-state index contributed by atoms with van der Waals surface area (Å²) in [6, 6.07) is 0.215. The van der Waals surface area contributed by atoms with E-state index < -0.39 is 0 Å². The largest absolute Gasteiger partial charge is 0.349 e. The van der Waals surface area contributed by atoms with Gasteiger partial charge in [0, 0.05) is 37.6 Å². The zero-order valence-electron chi connectivity index (χ0n) is 14.2. The first-order valence-corrected chi connectivity index (χ1v) is 8.29. The van der Waals surface area contributed by atoms with E-state index in [9.17, 15) is 4.79 Å². The number of hydrogen-bond donors (Lipinski definition) is 2. The molecule has 1 amide bonds. The number of nitrogens with one attached hydrogen (secondary N) is 1. The van der Waals surface area contributed by atoms with Gasteiger partial charge in [-0.3, -0.25) is 9.69 Å². The standard InChI is InChI=1S/C16H26N4OS.2ClH/c1-5-7-20(8-6-2)14(12(3)4)10-18-16(21)13-11-22-15(9-17)19-13;;/h5-6,11-12,14H,1-2,7-10,17H2,3-4H3,(H,18,21);2*1H. The van der Waals surface area contributed by atoms with Crippen LogP contribution in [0.1, 0.15) is 29.3 Å². The molecule has 0 saturated carbocycles. The highest BCUT2D eigenvalue weighted by atomic mass is 35.5. The van der Waals surface area contributed by atoms with Gasteiger partial charge in [-0.05, 0) is 5.92 Å². The van der Waals surface area contributed by atoms with Crippen LogP contribution >= 0.6 is 36.2 Å².